The number of rotatable bonds is 7. The number of aliphatic hydroxyl groups is 1. The number of aliphatic hydroxyl groups excluding tert-OH is 1. The number of nitrogens with one attached hydrogen (secondary N) is 1. The first-order valence-corrected chi connectivity index (χ1v) is 7.90. The molecule has 0 aromatic heterocycles. The molecule has 1 amide bonds. The monoisotopic (exact) mass is 297 g/mol. The molecule has 0 aliphatic carbocycles. The first-order chi connectivity index (χ1) is 9.45. The molecule has 1 aromatic rings. The van der Waals surface area contributed by atoms with Crippen LogP contribution in [0, 0.1) is 0 Å². The highest BCUT2D eigenvalue weighted by Crippen LogP contribution is 2.10. The molecule has 0 radical (unpaired) electrons. The van der Waals surface area contributed by atoms with Gasteiger partial charge in [-0.15, -0.1) is 0 Å². The van der Waals surface area contributed by atoms with Crippen molar-refractivity contribution in [3.05, 3.63) is 41.8 Å². The van der Waals surface area contributed by atoms with E-state index in [4.69, 9.17) is 5.11 Å². The Morgan fingerprint density at radius 1 is 1.35 bits per heavy atom. The van der Waals surface area contributed by atoms with Crippen molar-refractivity contribution in [2.75, 3.05) is 6.61 Å². The summed E-state index contributed by atoms with van der Waals surface area (Å²) in [6, 6.07) is 7.80. The summed E-state index contributed by atoms with van der Waals surface area (Å²) in [4.78, 5) is 11.7. The number of amides is 1. The largest absolute Gasteiger partial charge is 0.396 e. The third-order valence-electron chi connectivity index (χ3n) is 2.65. The SMILES string of the molecule is CC(CCCO)NC(=O)/C=C/S(=O)(=O)c1ccccc1. The molecule has 6 heteroatoms. The minimum absolute atomic E-state index is 0.0679. The van der Waals surface area contributed by atoms with Crippen LogP contribution in [-0.2, 0) is 14.6 Å². The number of carbonyl (C=O) groups is 1. The molecule has 0 saturated heterocycles. The van der Waals surface area contributed by atoms with E-state index in [2.05, 4.69) is 5.32 Å². The molecule has 1 rings (SSSR count). The number of carbonyl (C=O) groups excluding carboxylic acids is 1. The van der Waals surface area contributed by atoms with Crippen molar-refractivity contribution in [3.8, 4) is 0 Å². The van der Waals surface area contributed by atoms with Gasteiger partial charge in [0.25, 0.3) is 0 Å². The van der Waals surface area contributed by atoms with Crippen molar-refractivity contribution in [3.63, 3.8) is 0 Å². The van der Waals surface area contributed by atoms with E-state index in [1.54, 1.807) is 25.1 Å². The first kappa shape index (κ1) is 16.4. The summed E-state index contributed by atoms with van der Waals surface area (Å²) >= 11 is 0. The second-order valence-electron chi connectivity index (χ2n) is 4.44. The van der Waals surface area contributed by atoms with Crippen LogP contribution in [0.25, 0.3) is 0 Å². The molecule has 0 bridgehead atoms. The number of hydrogen-bond donors (Lipinski definition) is 2. The van der Waals surface area contributed by atoms with Crippen LogP contribution < -0.4 is 5.32 Å². The molecule has 5 nitrogen and oxygen atoms in total. The van der Waals surface area contributed by atoms with E-state index in [9.17, 15) is 13.2 Å². The van der Waals surface area contributed by atoms with E-state index in [-0.39, 0.29) is 17.5 Å². The summed E-state index contributed by atoms with van der Waals surface area (Å²) in [5.41, 5.74) is 0. The van der Waals surface area contributed by atoms with Crippen LogP contribution in [0.4, 0.5) is 0 Å². The van der Waals surface area contributed by atoms with Crippen LogP contribution >= 0.6 is 0 Å². The maximum absolute atomic E-state index is 11.9. The minimum atomic E-state index is -3.59. The van der Waals surface area contributed by atoms with Crippen molar-refractivity contribution >= 4 is 15.7 Å². The van der Waals surface area contributed by atoms with Gasteiger partial charge < -0.3 is 10.4 Å². The fourth-order valence-corrected chi connectivity index (χ4v) is 2.60. The van der Waals surface area contributed by atoms with Gasteiger partial charge in [-0.3, -0.25) is 4.79 Å². The van der Waals surface area contributed by atoms with Gasteiger partial charge in [-0.2, -0.15) is 0 Å². The van der Waals surface area contributed by atoms with Crippen molar-refractivity contribution in [1.82, 2.24) is 5.32 Å². The predicted octanol–water partition coefficient (Wildman–Crippen LogP) is 1.25. The van der Waals surface area contributed by atoms with Crippen LogP contribution in [0.2, 0.25) is 0 Å². The lowest BCUT2D eigenvalue weighted by molar-refractivity contribution is -0.117. The molecule has 0 fully saturated rings. The lowest BCUT2D eigenvalue weighted by atomic mass is 10.2. The Kier molecular flexibility index (Phi) is 6.41. The molecule has 1 unspecified atom stereocenters. The highest BCUT2D eigenvalue weighted by molar-refractivity contribution is 7.94. The van der Waals surface area contributed by atoms with Gasteiger partial charge >= 0.3 is 0 Å². The van der Waals surface area contributed by atoms with E-state index < -0.39 is 15.7 Å². The molecule has 2 N–H and O–H groups in total. The van der Waals surface area contributed by atoms with Gasteiger partial charge in [-0.1, -0.05) is 18.2 Å². The number of benzene rings is 1. The molecule has 110 valence electrons. The van der Waals surface area contributed by atoms with E-state index in [1.165, 1.54) is 12.1 Å². The van der Waals surface area contributed by atoms with Crippen molar-refractivity contribution in [2.45, 2.75) is 30.7 Å². The summed E-state index contributed by atoms with van der Waals surface area (Å²) in [7, 11) is -3.59. The molecule has 0 aliphatic heterocycles. The van der Waals surface area contributed by atoms with Gasteiger partial charge in [-0.25, -0.2) is 8.42 Å². The minimum Gasteiger partial charge on any atom is -0.396 e. The second kappa shape index (κ2) is 7.81. The van der Waals surface area contributed by atoms with E-state index in [0.717, 1.165) is 11.5 Å². The predicted molar refractivity (Wildman–Crippen MR) is 76.7 cm³/mol. The summed E-state index contributed by atoms with van der Waals surface area (Å²) < 4.78 is 23.8. The van der Waals surface area contributed by atoms with Gasteiger partial charge in [0.1, 0.15) is 0 Å². The average Bonchev–Trinajstić information content (AvgIpc) is 2.44. The van der Waals surface area contributed by atoms with Gasteiger partial charge in [0.05, 0.1) is 4.90 Å². The normalized spacial score (nSPS) is 13.3. The van der Waals surface area contributed by atoms with E-state index >= 15 is 0 Å². The summed E-state index contributed by atoms with van der Waals surface area (Å²) in [5.74, 6) is -0.463. The first-order valence-electron chi connectivity index (χ1n) is 6.35. The molecule has 1 aromatic carbocycles. The van der Waals surface area contributed by atoms with Crippen LogP contribution in [0.1, 0.15) is 19.8 Å². The Morgan fingerprint density at radius 2 is 2.00 bits per heavy atom. The van der Waals surface area contributed by atoms with Crippen LogP contribution in [0.5, 0.6) is 0 Å². The topological polar surface area (TPSA) is 83.5 Å². The quantitative estimate of drug-likeness (QED) is 0.742. The van der Waals surface area contributed by atoms with Crippen LogP contribution in [0.15, 0.2) is 46.7 Å². The molecule has 0 spiro atoms. The van der Waals surface area contributed by atoms with Crippen molar-refractivity contribution < 1.29 is 18.3 Å². The molecular weight excluding hydrogens is 278 g/mol. The molecule has 1 atom stereocenters. The van der Waals surface area contributed by atoms with Gasteiger partial charge in [-0.05, 0) is 31.9 Å². The Bertz CT molecular complexity index is 552. The standard InChI is InChI=1S/C14H19NO4S/c1-12(6-5-10-16)15-14(17)9-11-20(18,19)13-7-3-2-4-8-13/h2-4,7-9,11-12,16H,5-6,10H2,1H3,(H,15,17)/b11-9+. The Balaban J connectivity index is 2.61. The average molecular weight is 297 g/mol. The summed E-state index contributed by atoms with van der Waals surface area (Å²) in [6.45, 7) is 1.87. The van der Waals surface area contributed by atoms with Gasteiger partial charge in [0.2, 0.25) is 5.91 Å². The lowest BCUT2D eigenvalue weighted by Crippen LogP contribution is -2.31. The zero-order valence-corrected chi connectivity index (χ0v) is 12.1. The summed E-state index contributed by atoms with van der Waals surface area (Å²) in [5, 5.41) is 12.2. The van der Waals surface area contributed by atoms with Gasteiger partial charge in [0.15, 0.2) is 9.84 Å². The van der Waals surface area contributed by atoms with E-state index in [1.807, 2.05) is 0 Å². The van der Waals surface area contributed by atoms with Gasteiger partial charge in [0, 0.05) is 24.1 Å². The maximum atomic E-state index is 11.9. The molecule has 0 heterocycles. The zero-order chi connectivity index (χ0) is 15.0. The number of sulfone groups is 1. The van der Waals surface area contributed by atoms with Crippen LogP contribution in [0.3, 0.4) is 0 Å². The second-order valence-corrected chi connectivity index (χ2v) is 6.27. The molecule has 0 saturated carbocycles. The highest BCUT2D eigenvalue weighted by Gasteiger charge is 2.10. The molecular formula is C14H19NO4S. The third-order valence-corrected chi connectivity index (χ3v) is 4.08. The Hall–Kier alpha value is -1.66. The van der Waals surface area contributed by atoms with Crippen molar-refractivity contribution in [1.29, 1.82) is 0 Å². The fourth-order valence-electron chi connectivity index (χ4n) is 1.60. The summed E-state index contributed by atoms with van der Waals surface area (Å²) in [6.07, 6.45) is 2.24. The van der Waals surface area contributed by atoms with Crippen LogP contribution in [-0.4, -0.2) is 32.1 Å². The molecule has 0 aliphatic rings. The van der Waals surface area contributed by atoms with E-state index in [0.29, 0.717) is 12.8 Å². The smallest absolute Gasteiger partial charge is 0.244 e. The highest BCUT2D eigenvalue weighted by atomic mass is 32.2. The third kappa shape index (κ3) is 5.54. The molecule has 20 heavy (non-hydrogen) atoms. The lowest BCUT2D eigenvalue weighted by Gasteiger charge is -2.10. The Morgan fingerprint density at radius 3 is 2.60 bits per heavy atom. The number of hydrogen-bond acceptors (Lipinski definition) is 4. The maximum Gasteiger partial charge on any atom is 0.244 e. The fraction of sp³-hybridized carbons (Fsp3) is 0.357. The van der Waals surface area contributed by atoms with Crippen molar-refractivity contribution in [2.24, 2.45) is 0 Å². The Labute approximate surface area is 119 Å². The zero-order valence-electron chi connectivity index (χ0n) is 11.3.